The number of aryl methyl sites for hydroxylation is 1. The first kappa shape index (κ1) is 23.5. The van der Waals surface area contributed by atoms with E-state index in [9.17, 15) is 9.59 Å². The van der Waals surface area contributed by atoms with Crippen molar-refractivity contribution < 1.29 is 14.3 Å². The average Bonchev–Trinajstić information content (AvgIpc) is 3.32. The Labute approximate surface area is 200 Å². The fraction of sp³-hybridized carbons (Fsp3) is 0.286. The lowest BCUT2D eigenvalue weighted by Crippen LogP contribution is -2.27. The topological polar surface area (TPSA) is 70.7 Å². The largest absolute Gasteiger partial charge is 0.495 e. The van der Waals surface area contributed by atoms with E-state index < -0.39 is 0 Å². The molecule has 3 aromatic carbocycles. The van der Waals surface area contributed by atoms with Crippen LogP contribution in [-0.2, 0) is 4.79 Å². The lowest BCUT2D eigenvalue weighted by atomic mass is 10.0. The zero-order valence-corrected chi connectivity index (χ0v) is 19.7. The van der Waals surface area contributed by atoms with Gasteiger partial charge in [-0.15, -0.1) is 0 Å². The molecule has 1 unspecified atom stereocenters. The minimum absolute atomic E-state index is 0.0267. The summed E-state index contributed by atoms with van der Waals surface area (Å²) >= 11 is 0. The Morgan fingerprint density at radius 3 is 2.56 bits per heavy atom. The summed E-state index contributed by atoms with van der Waals surface area (Å²) in [5.74, 6) is 0.335. The number of ether oxygens (including phenoxy) is 1. The number of likely N-dealkylation sites (tertiary alicyclic amines) is 1. The number of rotatable bonds is 8. The minimum atomic E-state index is -0.237. The van der Waals surface area contributed by atoms with E-state index in [4.69, 9.17) is 4.74 Å². The summed E-state index contributed by atoms with van der Waals surface area (Å²) in [6.45, 7) is 3.86. The smallest absolute Gasteiger partial charge is 0.255 e. The van der Waals surface area contributed by atoms with Gasteiger partial charge in [0.05, 0.1) is 12.8 Å². The molecule has 2 amide bonds. The lowest BCUT2D eigenvalue weighted by molar-refractivity contribution is -0.116. The second-order valence-corrected chi connectivity index (χ2v) is 8.64. The van der Waals surface area contributed by atoms with Crippen LogP contribution in [0, 0.1) is 6.92 Å². The van der Waals surface area contributed by atoms with Crippen LogP contribution in [0.25, 0.3) is 0 Å². The van der Waals surface area contributed by atoms with Crippen molar-refractivity contribution in [1.29, 1.82) is 0 Å². The van der Waals surface area contributed by atoms with E-state index in [1.165, 1.54) is 11.1 Å². The molecule has 0 saturated carbocycles. The first-order chi connectivity index (χ1) is 16.5. The molecule has 6 heteroatoms. The number of anilines is 2. The number of para-hydroxylation sites is 2. The van der Waals surface area contributed by atoms with Crippen molar-refractivity contribution in [1.82, 2.24) is 4.90 Å². The molecule has 0 bridgehead atoms. The van der Waals surface area contributed by atoms with Gasteiger partial charge in [0.25, 0.3) is 5.91 Å². The first-order valence-corrected chi connectivity index (χ1v) is 11.7. The Balaban J connectivity index is 1.29. The number of nitrogens with zero attached hydrogens (tertiary/aromatic N) is 1. The van der Waals surface area contributed by atoms with Crippen LogP contribution in [0.3, 0.4) is 0 Å². The van der Waals surface area contributed by atoms with Gasteiger partial charge in [-0.2, -0.15) is 0 Å². The first-order valence-electron chi connectivity index (χ1n) is 11.7. The lowest BCUT2D eigenvalue weighted by Gasteiger charge is -2.24. The number of carbonyl (C=O) groups is 2. The molecule has 6 nitrogen and oxygen atoms in total. The molecule has 1 atom stereocenters. The predicted octanol–water partition coefficient (Wildman–Crippen LogP) is 5.42. The van der Waals surface area contributed by atoms with Gasteiger partial charge in [-0.3, -0.25) is 14.5 Å². The van der Waals surface area contributed by atoms with E-state index in [-0.39, 0.29) is 11.8 Å². The summed E-state index contributed by atoms with van der Waals surface area (Å²) in [6, 6.07) is 23.2. The quantitative estimate of drug-likeness (QED) is 0.474. The van der Waals surface area contributed by atoms with Crippen LogP contribution in [0.15, 0.2) is 72.8 Å². The van der Waals surface area contributed by atoms with Crippen molar-refractivity contribution in [3.05, 3.63) is 89.5 Å². The van der Waals surface area contributed by atoms with Crippen molar-refractivity contribution in [2.24, 2.45) is 0 Å². The van der Waals surface area contributed by atoms with Crippen LogP contribution in [0.5, 0.6) is 5.75 Å². The van der Waals surface area contributed by atoms with Crippen LogP contribution < -0.4 is 15.4 Å². The number of methoxy groups -OCH3 is 1. The Hall–Kier alpha value is -3.64. The van der Waals surface area contributed by atoms with Crippen LogP contribution in [0.2, 0.25) is 0 Å². The fourth-order valence-corrected chi connectivity index (χ4v) is 4.46. The summed E-state index contributed by atoms with van der Waals surface area (Å²) in [5, 5.41) is 5.80. The van der Waals surface area contributed by atoms with Gasteiger partial charge >= 0.3 is 0 Å². The Kier molecular flexibility index (Phi) is 7.60. The van der Waals surface area contributed by atoms with E-state index in [1.807, 2.05) is 12.1 Å². The van der Waals surface area contributed by atoms with E-state index in [0.717, 1.165) is 25.9 Å². The third kappa shape index (κ3) is 5.83. The van der Waals surface area contributed by atoms with Gasteiger partial charge in [-0.05, 0) is 68.3 Å². The maximum absolute atomic E-state index is 12.6. The molecule has 1 fully saturated rings. The van der Waals surface area contributed by atoms with Crippen molar-refractivity contribution in [3.63, 3.8) is 0 Å². The summed E-state index contributed by atoms with van der Waals surface area (Å²) in [7, 11) is 1.56. The van der Waals surface area contributed by atoms with Gasteiger partial charge in [0.1, 0.15) is 5.75 Å². The Bertz CT molecular complexity index is 1140. The summed E-state index contributed by atoms with van der Waals surface area (Å²) in [5.41, 5.74) is 4.39. The van der Waals surface area contributed by atoms with Gasteiger partial charge < -0.3 is 15.4 Å². The van der Waals surface area contributed by atoms with Gasteiger partial charge in [-0.25, -0.2) is 0 Å². The van der Waals surface area contributed by atoms with Crippen LogP contribution in [0.1, 0.15) is 46.8 Å². The molecular formula is C28H31N3O3. The van der Waals surface area contributed by atoms with Crippen LogP contribution in [-0.4, -0.2) is 36.9 Å². The Morgan fingerprint density at radius 1 is 1.00 bits per heavy atom. The van der Waals surface area contributed by atoms with Crippen LogP contribution in [0.4, 0.5) is 11.4 Å². The molecular weight excluding hydrogens is 426 g/mol. The normalized spacial score (nSPS) is 15.6. The summed E-state index contributed by atoms with van der Waals surface area (Å²) in [6.07, 6.45) is 2.71. The van der Waals surface area contributed by atoms with Crippen molar-refractivity contribution in [2.75, 3.05) is 30.8 Å². The standard InChI is InChI=1S/C28H31N3O3/c1-20-7-5-8-22(19-20)25-10-6-17-31(25)18-16-27(32)29-23-14-12-21(13-15-23)28(33)30-24-9-3-4-11-26(24)34-2/h3-5,7-9,11-15,19,25H,6,10,16-18H2,1-2H3,(H,29,32)(H,30,33). The number of carbonyl (C=O) groups excluding carboxylic acids is 2. The minimum Gasteiger partial charge on any atom is -0.495 e. The second kappa shape index (κ2) is 11.0. The van der Waals surface area contributed by atoms with E-state index in [1.54, 1.807) is 43.5 Å². The molecule has 0 aliphatic carbocycles. The maximum Gasteiger partial charge on any atom is 0.255 e. The fourth-order valence-electron chi connectivity index (χ4n) is 4.46. The van der Waals surface area contributed by atoms with E-state index in [0.29, 0.717) is 35.2 Å². The highest BCUT2D eigenvalue weighted by molar-refractivity contribution is 6.05. The summed E-state index contributed by atoms with van der Waals surface area (Å²) < 4.78 is 5.28. The van der Waals surface area contributed by atoms with Crippen molar-refractivity contribution in [2.45, 2.75) is 32.2 Å². The highest BCUT2D eigenvalue weighted by Gasteiger charge is 2.26. The molecule has 176 valence electrons. The molecule has 1 saturated heterocycles. The third-order valence-corrected chi connectivity index (χ3v) is 6.20. The highest BCUT2D eigenvalue weighted by Crippen LogP contribution is 2.32. The average molecular weight is 458 g/mol. The monoisotopic (exact) mass is 457 g/mol. The number of hydrogen-bond donors (Lipinski definition) is 2. The third-order valence-electron chi connectivity index (χ3n) is 6.20. The van der Waals surface area contributed by atoms with Gasteiger partial charge in [0.2, 0.25) is 5.91 Å². The zero-order chi connectivity index (χ0) is 23.9. The Morgan fingerprint density at radius 2 is 1.79 bits per heavy atom. The molecule has 0 aromatic heterocycles. The molecule has 0 spiro atoms. The maximum atomic E-state index is 12.6. The molecule has 4 rings (SSSR count). The second-order valence-electron chi connectivity index (χ2n) is 8.64. The van der Waals surface area contributed by atoms with Crippen LogP contribution >= 0.6 is 0 Å². The van der Waals surface area contributed by atoms with Gasteiger partial charge in [0, 0.05) is 30.3 Å². The molecule has 1 heterocycles. The number of hydrogen-bond acceptors (Lipinski definition) is 4. The van der Waals surface area contributed by atoms with Gasteiger partial charge in [-0.1, -0.05) is 42.0 Å². The zero-order valence-electron chi connectivity index (χ0n) is 19.7. The molecule has 2 N–H and O–H groups in total. The molecule has 3 aromatic rings. The molecule has 34 heavy (non-hydrogen) atoms. The number of amides is 2. The predicted molar refractivity (Wildman–Crippen MR) is 135 cm³/mol. The molecule has 0 radical (unpaired) electrons. The number of nitrogens with one attached hydrogen (secondary N) is 2. The summed E-state index contributed by atoms with van der Waals surface area (Å²) in [4.78, 5) is 27.5. The van der Waals surface area contributed by atoms with Gasteiger partial charge in [0.15, 0.2) is 0 Å². The molecule has 1 aliphatic heterocycles. The van der Waals surface area contributed by atoms with Crippen molar-refractivity contribution >= 4 is 23.2 Å². The molecule has 1 aliphatic rings. The highest BCUT2D eigenvalue weighted by atomic mass is 16.5. The number of benzene rings is 3. The van der Waals surface area contributed by atoms with Crippen molar-refractivity contribution in [3.8, 4) is 5.75 Å². The SMILES string of the molecule is COc1ccccc1NC(=O)c1ccc(NC(=O)CCN2CCCC2c2cccc(C)c2)cc1. The van der Waals surface area contributed by atoms with E-state index in [2.05, 4.69) is 46.7 Å². The van der Waals surface area contributed by atoms with E-state index >= 15 is 0 Å².